The average Bonchev–Trinajstić information content (AvgIpc) is 2.33. The molecule has 0 saturated heterocycles. The number of sulfonamides is 1. The second-order valence-electron chi connectivity index (χ2n) is 3.66. The highest BCUT2D eigenvalue weighted by molar-refractivity contribution is 14.1. The first-order chi connectivity index (χ1) is 8.90. The van der Waals surface area contributed by atoms with Gasteiger partial charge in [-0.2, -0.15) is 0 Å². The number of anilines is 1. The van der Waals surface area contributed by atoms with Crippen LogP contribution in [-0.2, 0) is 10.0 Å². The molecule has 0 aliphatic heterocycles. The molecule has 0 spiro atoms. The third kappa shape index (κ3) is 3.53. The van der Waals surface area contributed by atoms with Crippen LogP contribution in [0, 0.1) is 3.57 Å². The minimum Gasteiger partial charge on any atom is -0.279 e. The van der Waals surface area contributed by atoms with Crippen molar-refractivity contribution in [2.75, 3.05) is 4.72 Å². The molecule has 7 heteroatoms. The van der Waals surface area contributed by atoms with E-state index >= 15 is 0 Å². The van der Waals surface area contributed by atoms with Gasteiger partial charge >= 0.3 is 0 Å². The molecule has 100 valence electrons. The van der Waals surface area contributed by atoms with Gasteiger partial charge in [-0.25, -0.2) is 8.42 Å². The smallest absolute Gasteiger partial charge is 0.263 e. The molecule has 0 aromatic heterocycles. The second kappa shape index (κ2) is 5.87. The summed E-state index contributed by atoms with van der Waals surface area (Å²) in [6.07, 6.45) is 0. The fourth-order valence-corrected chi connectivity index (χ4v) is 4.22. The molecule has 19 heavy (non-hydrogen) atoms. The molecule has 2 aromatic rings. The van der Waals surface area contributed by atoms with Crippen LogP contribution in [0.3, 0.4) is 0 Å². The van der Waals surface area contributed by atoms with Crippen molar-refractivity contribution in [1.29, 1.82) is 0 Å². The van der Waals surface area contributed by atoms with Gasteiger partial charge in [0.1, 0.15) is 4.90 Å². The molecular weight excluding hydrogens is 420 g/mol. The molecule has 2 rings (SSSR count). The Kier molecular flexibility index (Phi) is 4.60. The van der Waals surface area contributed by atoms with Crippen LogP contribution in [0.15, 0.2) is 47.4 Å². The van der Waals surface area contributed by atoms with Crippen LogP contribution in [0.5, 0.6) is 0 Å². The number of hydrogen-bond donors (Lipinski definition) is 1. The largest absolute Gasteiger partial charge is 0.279 e. The maximum Gasteiger partial charge on any atom is 0.263 e. The van der Waals surface area contributed by atoms with Crippen molar-refractivity contribution >= 4 is 61.5 Å². The number of hydrogen-bond acceptors (Lipinski definition) is 2. The van der Waals surface area contributed by atoms with E-state index in [9.17, 15) is 8.42 Å². The van der Waals surface area contributed by atoms with Gasteiger partial charge in [0.15, 0.2) is 0 Å². The van der Waals surface area contributed by atoms with Crippen molar-refractivity contribution in [3.63, 3.8) is 0 Å². The first-order valence-corrected chi connectivity index (χ1v) is 8.44. The van der Waals surface area contributed by atoms with Crippen LogP contribution in [0.1, 0.15) is 0 Å². The first-order valence-electron chi connectivity index (χ1n) is 5.12. The lowest BCUT2D eigenvalue weighted by Gasteiger charge is -2.11. The molecular formula is C12H8Cl2INO2S. The number of rotatable bonds is 3. The van der Waals surface area contributed by atoms with Crippen LogP contribution >= 0.6 is 45.8 Å². The van der Waals surface area contributed by atoms with Crippen molar-refractivity contribution < 1.29 is 8.42 Å². The highest BCUT2D eigenvalue weighted by atomic mass is 127. The summed E-state index contributed by atoms with van der Waals surface area (Å²) in [7, 11) is -3.71. The lowest BCUT2D eigenvalue weighted by atomic mass is 10.3. The molecule has 0 unspecified atom stereocenters. The Morgan fingerprint density at radius 2 is 1.74 bits per heavy atom. The van der Waals surface area contributed by atoms with E-state index in [4.69, 9.17) is 23.2 Å². The molecule has 0 radical (unpaired) electrons. The monoisotopic (exact) mass is 427 g/mol. The topological polar surface area (TPSA) is 46.2 Å². The number of benzene rings is 2. The molecule has 0 amide bonds. The van der Waals surface area contributed by atoms with E-state index in [2.05, 4.69) is 4.72 Å². The van der Waals surface area contributed by atoms with Gasteiger partial charge in [-0.05, 0) is 52.9 Å². The Hall–Kier alpha value is -0.500. The quantitative estimate of drug-likeness (QED) is 0.738. The predicted molar refractivity (Wildman–Crippen MR) is 86.4 cm³/mol. The Labute approximate surface area is 135 Å². The van der Waals surface area contributed by atoms with Crippen molar-refractivity contribution in [3.05, 3.63) is 56.1 Å². The maximum atomic E-state index is 12.2. The van der Waals surface area contributed by atoms with E-state index in [0.29, 0.717) is 14.3 Å². The molecule has 2 aromatic carbocycles. The van der Waals surface area contributed by atoms with Crippen LogP contribution in [0.2, 0.25) is 10.0 Å². The summed E-state index contributed by atoms with van der Waals surface area (Å²) in [5.41, 5.74) is 0.463. The van der Waals surface area contributed by atoms with Crippen molar-refractivity contribution in [2.24, 2.45) is 0 Å². The molecule has 0 aliphatic rings. The summed E-state index contributed by atoms with van der Waals surface area (Å²) in [6.45, 7) is 0. The van der Waals surface area contributed by atoms with Gasteiger partial charge in [0, 0.05) is 8.59 Å². The zero-order valence-corrected chi connectivity index (χ0v) is 13.9. The fourth-order valence-electron chi connectivity index (χ4n) is 1.43. The summed E-state index contributed by atoms with van der Waals surface area (Å²) in [5, 5.41) is 0.726. The maximum absolute atomic E-state index is 12.2. The van der Waals surface area contributed by atoms with Gasteiger partial charge in [-0.3, -0.25) is 4.72 Å². The molecule has 0 heterocycles. The average molecular weight is 428 g/mol. The Morgan fingerprint density at radius 3 is 2.37 bits per heavy atom. The van der Waals surface area contributed by atoms with Crippen LogP contribution in [0.25, 0.3) is 0 Å². The van der Waals surface area contributed by atoms with E-state index in [0.717, 1.165) is 0 Å². The van der Waals surface area contributed by atoms with Crippen LogP contribution in [0.4, 0.5) is 5.69 Å². The minimum absolute atomic E-state index is 0.0439. The van der Waals surface area contributed by atoms with Crippen LogP contribution in [-0.4, -0.2) is 8.42 Å². The van der Waals surface area contributed by atoms with Crippen molar-refractivity contribution in [2.45, 2.75) is 4.90 Å². The van der Waals surface area contributed by atoms with E-state index in [-0.39, 0.29) is 9.92 Å². The summed E-state index contributed by atoms with van der Waals surface area (Å²) >= 11 is 13.7. The summed E-state index contributed by atoms with van der Waals surface area (Å²) in [5.74, 6) is 0. The molecule has 1 N–H and O–H groups in total. The lowest BCUT2D eigenvalue weighted by molar-refractivity contribution is 0.601. The molecule has 0 atom stereocenters. The zero-order valence-electron chi connectivity index (χ0n) is 9.40. The lowest BCUT2D eigenvalue weighted by Crippen LogP contribution is -2.14. The van der Waals surface area contributed by atoms with Gasteiger partial charge in [0.2, 0.25) is 0 Å². The highest BCUT2D eigenvalue weighted by Crippen LogP contribution is 2.27. The Morgan fingerprint density at radius 1 is 1.05 bits per heavy atom. The third-order valence-electron chi connectivity index (χ3n) is 2.30. The molecule has 3 nitrogen and oxygen atoms in total. The van der Waals surface area contributed by atoms with Crippen LogP contribution < -0.4 is 4.72 Å². The van der Waals surface area contributed by atoms with Crippen molar-refractivity contribution in [1.82, 2.24) is 0 Å². The van der Waals surface area contributed by atoms with Gasteiger partial charge in [0.25, 0.3) is 10.0 Å². The predicted octanol–water partition coefficient (Wildman–Crippen LogP) is 4.40. The van der Waals surface area contributed by atoms with Gasteiger partial charge < -0.3 is 0 Å². The van der Waals surface area contributed by atoms with Gasteiger partial charge in [-0.15, -0.1) is 0 Å². The SMILES string of the molecule is O=S(=O)(Nc1ccc(Cl)cc1I)c1ccccc1Cl. The normalized spacial score (nSPS) is 11.3. The molecule has 0 fully saturated rings. The molecule has 0 saturated carbocycles. The highest BCUT2D eigenvalue weighted by Gasteiger charge is 2.18. The summed E-state index contributed by atoms with van der Waals surface area (Å²) in [6, 6.07) is 11.2. The van der Waals surface area contributed by atoms with E-state index in [1.165, 1.54) is 12.1 Å². The Bertz CT molecular complexity index is 719. The zero-order chi connectivity index (χ0) is 14.0. The fraction of sp³-hybridized carbons (Fsp3) is 0. The second-order valence-corrected chi connectivity index (χ2v) is 7.32. The summed E-state index contributed by atoms with van der Waals surface area (Å²) < 4.78 is 27.7. The molecule has 0 aliphatic carbocycles. The standard InChI is InChI=1S/C12H8Cl2INO2S/c13-8-5-6-11(10(15)7-8)16-19(17,18)12-4-2-1-3-9(12)14/h1-7,16H. The minimum atomic E-state index is -3.71. The van der Waals surface area contributed by atoms with E-state index in [1.54, 1.807) is 30.3 Å². The first kappa shape index (κ1) is 14.9. The van der Waals surface area contributed by atoms with E-state index < -0.39 is 10.0 Å². The van der Waals surface area contributed by atoms with Crippen molar-refractivity contribution in [3.8, 4) is 0 Å². The van der Waals surface area contributed by atoms with E-state index in [1.807, 2.05) is 22.6 Å². The number of halogens is 3. The summed E-state index contributed by atoms with van der Waals surface area (Å²) in [4.78, 5) is 0.0439. The molecule has 0 bridgehead atoms. The van der Waals surface area contributed by atoms with Gasteiger partial charge in [-0.1, -0.05) is 35.3 Å². The number of nitrogens with one attached hydrogen (secondary N) is 1. The third-order valence-corrected chi connectivity index (χ3v) is 5.29. The Balaban J connectivity index is 2.40. The van der Waals surface area contributed by atoms with Gasteiger partial charge in [0.05, 0.1) is 10.7 Å².